The molecule has 1 N–H and O–H groups in total. The predicted octanol–water partition coefficient (Wildman–Crippen LogP) is 1.59. The fourth-order valence-corrected chi connectivity index (χ4v) is 1.71. The van der Waals surface area contributed by atoms with E-state index in [0.717, 1.165) is 0 Å². The van der Waals surface area contributed by atoms with E-state index in [9.17, 15) is 14.4 Å². The van der Waals surface area contributed by atoms with Crippen molar-refractivity contribution in [3.63, 3.8) is 0 Å². The van der Waals surface area contributed by atoms with E-state index < -0.39 is 5.97 Å². The second-order valence-electron chi connectivity index (χ2n) is 4.49. The maximum Gasteiger partial charge on any atom is 0.305 e. The first-order chi connectivity index (χ1) is 9.93. The van der Waals surface area contributed by atoms with Crippen LogP contribution < -0.4 is 4.74 Å². The first-order valence-corrected chi connectivity index (χ1v) is 6.67. The van der Waals surface area contributed by atoms with Crippen molar-refractivity contribution in [1.29, 1.82) is 0 Å². The third kappa shape index (κ3) is 5.64. The van der Waals surface area contributed by atoms with E-state index in [1.54, 1.807) is 31.2 Å². The van der Waals surface area contributed by atoms with Gasteiger partial charge in [-0.2, -0.15) is 0 Å². The number of benzene rings is 1. The second-order valence-corrected chi connectivity index (χ2v) is 4.49. The number of carbonyl (C=O) groups is 3. The normalized spacial score (nSPS) is 10.0. The molecule has 1 amide bonds. The highest BCUT2D eigenvalue weighted by Crippen LogP contribution is 2.12. The highest BCUT2D eigenvalue weighted by Gasteiger charge is 2.13. The zero-order valence-electron chi connectivity index (χ0n) is 12.2. The standard InChI is InChI=1S/C15H19NO5/c1-3-16(9-8-15(19)20)14(18)10-21-13-6-4-12(5-7-13)11(2)17/h4-7H,3,8-10H2,1-2H3,(H,19,20). The summed E-state index contributed by atoms with van der Waals surface area (Å²) in [5.41, 5.74) is 0.574. The topological polar surface area (TPSA) is 83.9 Å². The van der Waals surface area contributed by atoms with Crippen LogP contribution in [0.5, 0.6) is 5.75 Å². The Hall–Kier alpha value is -2.37. The van der Waals surface area contributed by atoms with Crippen LogP contribution in [0.25, 0.3) is 0 Å². The number of amides is 1. The Kier molecular flexibility index (Phi) is 6.39. The van der Waals surface area contributed by atoms with E-state index in [1.165, 1.54) is 11.8 Å². The van der Waals surface area contributed by atoms with Gasteiger partial charge in [0.05, 0.1) is 6.42 Å². The van der Waals surface area contributed by atoms with Gasteiger partial charge >= 0.3 is 5.97 Å². The van der Waals surface area contributed by atoms with Crippen LogP contribution in [0.3, 0.4) is 0 Å². The number of nitrogens with zero attached hydrogens (tertiary/aromatic N) is 1. The summed E-state index contributed by atoms with van der Waals surface area (Å²) in [4.78, 5) is 35.0. The van der Waals surface area contributed by atoms with Gasteiger partial charge in [0.15, 0.2) is 12.4 Å². The average Bonchev–Trinajstić information content (AvgIpc) is 2.45. The number of aliphatic carboxylic acids is 1. The fraction of sp³-hybridized carbons (Fsp3) is 0.400. The number of likely N-dealkylation sites (N-methyl/N-ethyl adjacent to an activating group) is 1. The Morgan fingerprint density at radius 1 is 1.19 bits per heavy atom. The van der Waals surface area contributed by atoms with Gasteiger partial charge < -0.3 is 14.7 Å². The van der Waals surface area contributed by atoms with Crippen molar-refractivity contribution in [2.75, 3.05) is 19.7 Å². The van der Waals surface area contributed by atoms with Gasteiger partial charge in [-0.3, -0.25) is 14.4 Å². The summed E-state index contributed by atoms with van der Waals surface area (Å²) in [7, 11) is 0. The monoisotopic (exact) mass is 293 g/mol. The quantitative estimate of drug-likeness (QED) is 0.736. The molecule has 0 aliphatic heterocycles. The Labute approximate surface area is 123 Å². The predicted molar refractivity (Wildman–Crippen MR) is 76.4 cm³/mol. The van der Waals surface area contributed by atoms with E-state index in [0.29, 0.717) is 17.9 Å². The maximum absolute atomic E-state index is 11.9. The highest BCUT2D eigenvalue weighted by molar-refractivity contribution is 5.94. The molecule has 0 saturated carbocycles. The van der Waals surface area contributed by atoms with Crippen LogP contribution >= 0.6 is 0 Å². The van der Waals surface area contributed by atoms with Gasteiger partial charge in [-0.1, -0.05) is 0 Å². The first-order valence-electron chi connectivity index (χ1n) is 6.67. The number of ether oxygens (including phenoxy) is 1. The lowest BCUT2D eigenvalue weighted by molar-refractivity contribution is -0.139. The average molecular weight is 293 g/mol. The molecular formula is C15H19NO5. The van der Waals surface area contributed by atoms with E-state index >= 15 is 0 Å². The molecule has 0 aliphatic rings. The molecule has 0 aromatic heterocycles. The van der Waals surface area contributed by atoms with E-state index in [-0.39, 0.29) is 31.3 Å². The van der Waals surface area contributed by atoms with Crippen LogP contribution in [0.1, 0.15) is 30.6 Å². The van der Waals surface area contributed by atoms with Crippen LogP contribution in [0.4, 0.5) is 0 Å². The highest BCUT2D eigenvalue weighted by atomic mass is 16.5. The molecule has 0 bridgehead atoms. The number of hydrogen-bond acceptors (Lipinski definition) is 4. The molecule has 1 aromatic carbocycles. The number of hydrogen-bond donors (Lipinski definition) is 1. The van der Waals surface area contributed by atoms with Crippen molar-refractivity contribution in [3.8, 4) is 5.75 Å². The van der Waals surface area contributed by atoms with Gasteiger partial charge in [0, 0.05) is 18.7 Å². The van der Waals surface area contributed by atoms with Crippen LogP contribution in [0.2, 0.25) is 0 Å². The lowest BCUT2D eigenvalue weighted by Crippen LogP contribution is -2.36. The number of Topliss-reactive ketones (excluding diaryl/α,β-unsaturated/α-hetero) is 1. The van der Waals surface area contributed by atoms with Gasteiger partial charge in [0.25, 0.3) is 5.91 Å². The summed E-state index contributed by atoms with van der Waals surface area (Å²) in [5, 5.41) is 8.62. The molecule has 0 heterocycles. The molecular weight excluding hydrogens is 274 g/mol. The van der Waals surface area contributed by atoms with Crippen LogP contribution in [0, 0.1) is 0 Å². The molecule has 0 radical (unpaired) electrons. The number of rotatable bonds is 8. The van der Waals surface area contributed by atoms with Crippen LogP contribution in [-0.4, -0.2) is 47.4 Å². The zero-order valence-corrected chi connectivity index (χ0v) is 12.2. The van der Waals surface area contributed by atoms with Gasteiger partial charge in [0.1, 0.15) is 5.75 Å². The smallest absolute Gasteiger partial charge is 0.305 e. The van der Waals surface area contributed by atoms with Crippen LogP contribution in [-0.2, 0) is 9.59 Å². The minimum atomic E-state index is -0.943. The minimum Gasteiger partial charge on any atom is -0.484 e. The molecule has 0 aliphatic carbocycles. The zero-order chi connectivity index (χ0) is 15.8. The molecule has 0 spiro atoms. The minimum absolute atomic E-state index is 0.0385. The summed E-state index contributed by atoms with van der Waals surface area (Å²) in [6.07, 6.45) is -0.0904. The number of ketones is 1. The third-order valence-corrected chi connectivity index (χ3v) is 2.95. The van der Waals surface area contributed by atoms with Gasteiger partial charge in [-0.05, 0) is 38.1 Å². The van der Waals surface area contributed by atoms with E-state index in [4.69, 9.17) is 9.84 Å². The summed E-state index contributed by atoms with van der Waals surface area (Å²) in [5.74, 6) is -0.762. The van der Waals surface area contributed by atoms with E-state index in [2.05, 4.69) is 0 Å². The van der Waals surface area contributed by atoms with Crippen molar-refractivity contribution < 1.29 is 24.2 Å². The van der Waals surface area contributed by atoms with Crippen molar-refractivity contribution in [2.24, 2.45) is 0 Å². The Balaban J connectivity index is 2.50. The molecule has 0 fully saturated rings. The summed E-state index contributed by atoms with van der Waals surface area (Å²) in [6.45, 7) is 3.69. The van der Waals surface area contributed by atoms with E-state index in [1.807, 2.05) is 0 Å². The molecule has 6 heteroatoms. The van der Waals surface area contributed by atoms with Crippen LogP contribution in [0.15, 0.2) is 24.3 Å². The molecule has 114 valence electrons. The SMILES string of the molecule is CCN(CCC(=O)O)C(=O)COc1ccc(C(C)=O)cc1. The molecule has 1 rings (SSSR count). The number of carboxylic acids is 1. The molecule has 0 saturated heterocycles. The lowest BCUT2D eigenvalue weighted by Gasteiger charge is -2.20. The Morgan fingerprint density at radius 3 is 2.29 bits per heavy atom. The molecule has 1 aromatic rings. The van der Waals surface area contributed by atoms with Crippen molar-refractivity contribution in [1.82, 2.24) is 4.90 Å². The molecule has 6 nitrogen and oxygen atoms in total. The van der Waals surface area contributed by atoms with Gasteiger partial charge in [-0.25, -0.2) is 0 Å². The third-order valence-electron chi connectivity index (χ3n) is 2.95. The molecule has 0 atom stereocenters. The lowest BCUT2D eigenvalue weighted by atomic mass is 10.1. The van der Waals surface area contributed by atoms with Crippen molar-refractivity contribution >= 4 is 17.7 Å². The molecule has 21 heavy (non-hydrogen) atoms. The first kappa shape index (κ1) is 16.7. The van der Waals surface area contributed by atoms with Gasteiger partial charge in [-0.15, -0.1) is 0 Å². The fourth-order valence-electron chi connectivity index (χ4n) is 1.71. The number of carboxylic acid groups (broad SMARTS) is 1. The summed E-state index contributed by atoms with van der Waals surface area (Å²) < 4.78 is 5.34. The number of carbonyl (C=O) groups excluding carboxylic acids is 2. The van der Waals surface area contributed by atoms with Crippen molar-refractivity contribution in [2.45, 2.75) is 20.3 Å². The summed E-state index contributed by atoms with van der Waals surface area (Å²) in [6, 6.07) is 6.50. The Morgan fingerprint density at radius 2 is 1.81 bits per heavy atom. The van der Waals surface area contributed by atoms with Gasteiger partial charge in [0.2, 0.25) is 0 Å². The summed E-state index contributed by atoms with van der Waals surface area (Å²) >= 11 is 0. The second kappa shape index (κ2) is 8.04. The Bertz CT molecular complexity index is 509. The maximum atomic E-state index is 11.9. The van der Waals surface area contributed by atoms with Crippen molar-refractivity contribution in [3.05, 3.63) is 29.8 Å². The molecule has 0 unspecified atom stereocenters. The largest absolute Gasteiger partial charge is 0.484 e.